The summed E-state index contributed by atoms with van der Waals surface area (Å²) in [7, 11) is 0. The van der Waals surface area contributed by atoms with Gasteiger partial charge in [-0.3, -0.25) is 0 Å². The first-order valence-corrected chi connectivity index (χ1v) is 7.72. The van der Waals surface area contributed by atoms with Gasteiger partial charge >= 0.3 is 6.18 Å². The highest BCUT2D eigenvalue weighted by Gasteiger charge is 2.35. The van der Waals surface area contributed by atoms with E-state index in [0.29, 0.717) is 16.9 Å². The molecule has 0 radical (unpaired) electrons. The molecule has 3 aromatic rings. The zero-order valence-electron chi connectivity index (χ0n) is 13.4. The van der Waals surface area contributed by atoms with Crippen molar-refractivity contribution in [1.29, 1.82) is 0 Å². The van der Waals surface area contributed by atoms with Gasteiger partial charge in [-0.1, -0.05) is 48.9 Å². The van der Waals surface area contributed by atoms with Gasteiger partial charge in [0.15, 0.2) is 5.69 Å². The van der Waals surface area contributed by atoms with Crippen LogP contribution >= 0.6 is 0 Å². The molecule has 24 heavy (non-hydrogen) atoms. The average Bonchev–Trinajstić information content (AvgIpc) is 3.01. The first-order valence-electron chi connectivity index (χ1n) is 7.72. The van der Waals surface area contributed by atoms with Crippen molar-refractivity contribution in [3.8, 4) is 16.9 Å². The molecule has 2 nitrogen and oxygen atoms in total. The third kappa shape index (κ3) is 3.20. The SMILES string of the molecule is CCc1ccc(-c2cc(C(F)(F)F)nn2-c2ccc(C)cc2)cc1. The van der Waals surface area contributed by atoms with Crippen LogP contribution in [-0.4, -0.2) is 9.78 Å². The van der Waals surface area contributed by atoms with Crippen molar-refractivity contribution >= 4 is 0 Å². The standard InChI is InChI=1S/C19H17F3N2/c1-3-14-6-8-15(9-7-14)17-12-18(19(20,21)22)23-24(17)16-10-4-13(2)5-11-16/h4-12H,3H2,1-2H3. The molecule has 0 saturated carbocycles. The average molecular weight is 330 g/mol. The Labute approximate surface area is 138 Å². The summed E-state index contributed by atoms with van der Waals surface area (Å²) in [6.45, 7) is 3.96. The molecule has 0 N–H and O–H groups in total. The maximum atomic E-state index is 13.1. The summed E-state index contributed by atoms with van der Waals surface area (Å²) in [5.41, 5.74) is 3.01. The number of aromatic nitrogens is 2. The van der Waals surface area contributed by atoms with Crippen molar-refractivity contribution in [3.63, 3.8) is 0 Å². The number of halogens is 3. The minimum absolute atomic E-state index is 0.425. The Morgan fingerprint density at radius 1 is 0.958 bits per heavy atom. The van der Waals surface area contributed by atoms with E-state index in [9.17, 15) is 13.2 Å². The summed E-state index contributed by atoms with van der Waals surface area (Å²) < 4.78 is 40.7. The van der Waals surface area contributed by atoms with Crippen LogP contribution in [0, 0.1) is 6.92 Å². The van der Waals surface area contributed by atoms with Crippen molar-refractivity contribution in [3.05, 3.63) is 71.4 Å². The second-order valence-electron chi connectivity index (χ2n) is 5.71. The van der Waals surface area contributed by atoms with Gasteiger partial charge in [-0.05, 0) is 37.1 Å². The van der Waals surface area contributed by atoms with Gasteiger partial charge in [-0.2, -0.15) is 18.3 Å². The van der Waals surface area contributed by atoms with Gasteiger partial charge in [0, 0.05) is 5.56 Å². The number of alkyl halides is 3. The largest absolute Gasteiger partial charge is 0.435 e. The Hall–Kier alpha value is -2.56. The van der Waals surface area contributed by atoms with E-state index in [-0.39, 0.29) is 0 Å². The molecule has 5 heteroatoms. The molecule has 0 bridgehead atoms. The van der Waals surface area contributed by atoms with Crippen LogP contribution in [0.2, 0.25) is 0 Å². The van der Waals surface area contributed by atoms with Crippen LogP contribution in [0.1, 0.15) is 23.7 Å². The molecule has 1 heterocycles. The van der Waals surface area contributed by atoms with Crippen LogP contribution in [0.3, 0.4) is 0 Å². The normalized spacial score (nSPS) is 11.7. The predicted molar refractivity (Wildman–Crippen MR) is 88.1 cm³/mol. The molecule has 1 aromatic heterocycles. The van der Waals surface area contributed by atoms with Crippen LogP contribution in [0.5, 0.6) is 0 Å². The number of hydrogen-bond donors (Lipinski definition) is 0. The zero-order valence-corrected chi connectivity index (χ0v) is 13.4. The molecule has 0 atom stereocenters. The summed E-state index contributed by atoms with van der Waals surface area (Å²) in [6.07, 6.45) is -3.60. The van der Waals surface area contributed by atoms with Crippen LogP contribution in [-0.2, 0) is 12.6 Å². The van der Waals surface area contributed by atoms with Crippen molar-refractivity contribution < 1.29 is 13.2 Å². The summed E-state index contributed by atoms with van der Waals surface area (Å²) in [4.78, 5) is 0. The highest BCUT2D eigenvalue weighted by Crippen LogP contribution is 2.33. The summed E-state index contributed by atoms with van der Waals surface area (Å²) >= 11 is 0. The molecule has 124 valence electrons. The lowest BCUT2D eigenvalue weighted by Crippen LogP contribution is -2.07. The van der Waals surface area contributed by atoms with Crippen LogP contribution in [0.25, 0.3) is 16.9 Å². The second kappa shape index (κ2) is 6.15. The van der Waals surface area contributed by atoms with Gasteiger partial charge in [0.25, 0.3) is 0 Å². The lowest BCUT2D eigenvalue weighted by molar-refractivity contribution is -0.141. The number of hydrogen-bond acceptors (Lipinski definition) is 1. The molecule has 0 spiro atoms. The fourth-order valence-corrected chi connectivity index (χ4v) is 2.52. The molecule has 0 saturated heterocycles. The van der Waals surface area contributed by atoms with E-state index < -0.39 is 11.9 Å². The van der Waals surface area contributed by atoms with E-state index in [1.165, 1.54) is 4.68 Å². The first-order chi connectivity index (χ1) is 11.4. The lowest BCUT2D eigenvalue weighted by Gasteiger charge is -2.08. The smallest absolute Gasteiger partial charge is 0.233 e. The minimum Gasteiger partial charge on any atom is -0.233 e. The molecule has 3 rings (SSSR count). The van der Waals surface area contributed by atoms with Gasteiger partial charge in [-0.25, -0.2) is 4.68 Å². The van der Waals surface area contributed by atoms with E-state index in [4.69, 9.17) is 0 Å². The molecule has 0 aliphatic carbocycles. The van der Waals surface area contributed by atoms with Gasteiger partial charge in [-0.15, -0.1) is 0 Å². The lowest BCUT2D eigenvalue weighted by atomic mass is 10.1. The van der Waals surface area contributed by atoms with Gasteiger partial charge in [0.05, 0.1) is 11.4 Å². The molecule has 0 aliphatic heterocycles. The van der Waals surface area contributed by atoms with Crippen LogP contribution in [0.4, 0.5) is 13.2 Å². The molecule has 2 aromatic carbocycles. The van der Waals surface area contributed by atoms with Gasteiger partial charge in [0.1, 0.15) is 0 Å². The quantitative estimate of drug-likeness (QED) is 0.626. The number of benzene rings is 2. The summed E-state index contributed by atoms with van der Waals surface area (Å²) in [5.74, 6) is 0. The highest BCUT2D eigenvalue weighted by atomic mass is 19.4. The predicted octanol–water partition coefficient (Wildman–Crippen LogP) is 5.43. The molecular weight excluding hydrogens is 313 g/mol. The maximum Gasteiger partial charge on any atom is 0.435 e. The van der Waals surface area contributed by atoms with Crippen molar-refractivity contribution in [2.24, 2.45) is 0 Å². The fourth-order valence-electron chi connectivity index (χ4n) is 2.52. The second-order valence-corrected chi connectivity index (χ2v) is 5.71. The maximum absolute atomic E-state index is 13.1. The topological polar surface area (TPSA) is 17.8 Å². The van der Waals surface area contributed by atoms with E-state index in [0.717, 1.165) is 23.6 Å². The van der Waals surface area contributed by atoms with E-state index >= 15 is 0 Å². The fraction of sp³-hybridized carbons (Fsp3) is 0.211. The Morgan fingerprint density at radius 2 is 1.58 bits per heavy atom. The third-order valence-corrected chi connectivity index (χ3v) is 3.94. The number of aryl methyl sites for hydroxylation is 2. The molecular formula is C19H17F3N2. The Balaban J connectivity index is 2.15. The minimum atomic E-state index is -4.48. The summed E-state index contributed by atoms with van der Waals surface area (Å²) in [5, 5.41) is 3.79. The van der Waals surface area contributed by atoms with E-state index in [2.05, 4.69) is 5.10 Å². The van der Waals surface area contributed by atoms with E-state index in [1.54, 1.807) is 12.1 Å². The van der Waals surface area contributed by atoms with Crippen molar-refractivity contribution in [2.45, 2.75) is 26.4 Å². The van der Waals surface area contributed by atoms with Crippen molar-refractivity contribution in [1.82, 2.24) is 9.78 Å². The Bertz CT molecular complexity index is 829. The third-order valence-electron chi connectivity index (χ3n) is 3.94. The molecule has 0 amide bonds. The van der Waals surface area contributed by atoms with Crippen LogP contribution < -0.4 is 0 Å². The van der Waals surface area contributed by atoms with Crippen LogP contribution in [0.15, 0.2) is 54.6 Å². The highest BCUT2D eigenvalue weighted by molar-refractivity contribution is 5.63. The Kier molecular flexibility index (Phi) is 4.18. The first kappa shape index (κ1) is 16.3. The van der Waals surface area contributed by atoms with Gasteiger partial charge < -0.3 is 0 Å². The molecule has 0 aliphatic rings. The van der Waals surface area contributed by atoms with Crippen molar-refractivity contribution in [2.75, 3.05) is 0 Å². The monoisotopic (exact) mass is 330 g/mol. The molecule has 0 fully saturated rings. The zero-order chi connectivity index (χ0) is 17.3. The van der Waals surface area contributed by atoms with E-state index in [1.807, 2.05) is 50.2 Å². The Morgan fingerprint density at radius 3 is 2.12 bits per heavy atom. The number of nitrogens with zero attached hydrogens (tertiary/aromatic N) is 2. The number of rotatable bonds is 3. The molecule has 0 unspecified atom stereocenters. The van der Waals surface area contributed by atoms with Gasteiger partial charge in [0.2, 0.25) is 0 Å². The summed E-state index contributed by atoms with van der Waals surface area (Å²) in [6, 6.07) is 15.9.